The van der Waals surface area contributed by atoms with Gasteiger partial charge in [-0.2, -0.15) is 0 Å². The second kappa shape index (κ2) is 5.20. The number of fused-ring (bicyclic) bond motifs is 3. The second-order valence-electron chi connectivity index (χ2n) is 8.20. The van der Waals surface area contributed by atoms with E-state index in [1.807, 2.05) is 0 Å². The van der Waals surface area contributed by atoms with Crippen LogP contribution in [0.1, 0.15) is 30.4 Å². The van der Waals surface area contributed by atoms with Crippen LogP contribution < -0.4 is 0 Å². The minimum Gasteiger partial charge on any atom is -0.0616 e. The molecule has 26 heavy (non-hydrogen) atoms. The van der Waals surface area contributed by atoms with Gasteiger partial charge in [-0.3, -0.25) is 0 Å². The lowest BCUT2D eigenvalue weighted by Crippen LogP contribution is -2.47. The van der Waals surface area contributed by atoms with Gasteiger partial charge < -0.3 is 0 Å². The number of hydrogen-bond donors (Lipinski definition) is 0. The van der Waals surface area contributed by atoms with Gasteiger partial charge in [-0.1, -0.05) is 84.9 Å². The summed E-state index contributed by atoms with van der Waals surface area (Å²) in [5.74, 6) is 1.60. The van der Waals surface area contributed by atoms with E-state index in [-0.39, 0.29) is 5.41 Å². The minimum absolute atomic E-state index is 0.230. The van der Waals surface area contributed by atoms with E-state index in [4.69, 9.17) is 0 Å². The fraction of sp³-hybridized carbons (Fsp3) is 0.231. The maximum atomic E-state index is 2.47. The van der Waals surface area contributed by atoms with Gasteiger partial charge in [0.15, 0.2) is 0 Å². The van der Waals surface area contributed by atoms with Crippen molar-refractivity contribution in [3.63, 3.8) is 0 Å². The van der Waals surface area contributed by atoms with Crippen LogP contribution in [-0.4, -0.2) is 0 Å². The molecule has 3 aliphatic rings. The van der Waals surface area contributed by atoms with Crippen LogP contribution >= 0.6 is 0 Å². The molecular weight excluding hydrogens is 312 g/mol. The van der Waals surface area contributed by atoms with Crippen LogP contribution in [0.15, 0.2) is 84.9 Å². The zero-order chi connectivity index (χ0) is 17.1. The van der Waals surface area contributed by atoms with E-state index < -0.39 is 0 Å². The predicted octanol–water partition coefficient (Wildman–Crippen LogP) is 6.71. The molecule has 4 aromatic carbocycles. The molecule has 0 aliphatic heterocycles. The Labute approximate surface area is 154 Å². The maximum Gasteiger partial charge on any atom is 0.0259 e. The molecule has 0 radical (unpaired) electrons. The Kier molecular flexibility index (Phi) is 2.91. The van der Waals surface area contributed by atoms with Gasteiger partial charge in [-0.05, 0) is 63.8 Å². The maximum absolute atomic E-state index is 2.47. The highest BCUT2D eigenvalue weighted by molar-refractivity contribution is 5.85. The van der Waals surface area contributed by atoms with Crippen molar-refractivity contribution in [2.24, 2.45) is 11.8 Å². The lowest BCUT2D eigenvalue weighted by molar-refractivity contribution is 0.145. The van der Waals surface area contributed by atoms with Crippen molar-refractivity contribution in [1.82, 2.24) is 0 Å². The van der Waals surface area contributed by atoms with Crippen LogP contribution in [0.3, 0.4) is 0 Å². The van der Waals surface area contributed by atoms with Gasteiger partial charge in [-0.25, -0.2) is 0 Å². The minimum atomic E-state index is 0.230. The monoisotopic (exact) mass is 334 g/mol. The Morgan fingerprint density at radius 2 is 1.00 bits per heavy atom. The van der Waals surface area contributed by atoms with Crippen molar-refractivity contribution in [2.75, 3.05) is 0 Å². The van der Waals surface area contributed by atoms with E-state index in [0.29, 0.717) is 0 Å². The zero-order valence-electron chi connectivity index (χ0n) is 14.9. The summed E-state index contributed by atoms with van der Waals surface area (Å²) >= 11 is 0. The molecule has 0 amide bonds. The Bertz CT molecular complexity index is 1040. The molecule has 4 aromatic rings. The summed E-state index contributed by atoms with van der Waals surface area (Å²) in [4.78, 5) is 0. The summed E-state index contributed by atoms with van der Waals surface area (Å²) in [5.41, 5.74) is 3.30. The van der Waals surface area contributed by atoms with Crippen LogP contribution in [0.4, 0.5) is 0 Å². The summed E-state index contributed by atoms with van der Waals surface area (Å²) in [6, 6.07) is 31.9. The van der Waals surface area contributed by atoms with Crippen LogP contribution in [0.2, 0.25) is 0 Å². The molecule has 0 N–H and O–H groups in total. The molecule has 2 bridgehead atoms. The molecule has 0 heteroatoms. The molecule has 7 rings (SSSR count). The van der Waals surface area contributed by atoms with Gasteiger partial charge in [0.2, 0.25) is 0 Å². The highest BCUT2D eigenvalue weighted by Gasteiger charge is 2.60. The first-order valence-corrected chi connectivity index (χ1v) is 9.84. The van der Waals surface area contributed by atoms with Crippen LogP contribution in [0.25, 0.3) is 21.5 Å². The van der Waals surface area contributed by atoms with E-state index in [9.17, 15) is 0 Å². The van der Waals surface area contributed by atoms with E-state index in [1.54, 1.807) is 0 Å². The van der Waals surface area contributed by atoms with Crippen molar-refractivity contribution in [1.29, 1.82) is 0 Å². The Morgan fingerprint density at radius 1 is 0.538 bits per heavy atom. The molecule has 126 valence electrons. The Hall–Kier alpha value is -2.60. The fourth-order valence-corrected chi connectivity index (χ4v) is 5.98. The first kappa shape index (κ1) is 14.6. The lowest BCUT2D eigenvalue weighted by Gasteiger charge is -2.51. The number of hydrogen-bond acceptors (Lipinski definition) is 0. The van der Waals surface area contributed by atoms with Gasteiger partial charge in [-0.15, -0.1) is 0 Å². The fourth-order valence-electron chi connectivity index (χ4n) is 5.98. The van der Waals surface area contributed by atoms with Gasteiger partial charge in [0, 0.05) is 5.41 Å². The van der Waals surface area contributed by atoms with Crippen molar-refractivity contribution >= 4 is 21.5 Å². The van der Waals surface area contributed by atoms with Crippen LogP contribution in [-0.2, 0) is 5.41 Å². The SMILES string of the molecule is c1ccc2cc(C3(c4ccc5ccccc5c4)C4CCC3C4)ccc2c1. The topological polar surface area (TPSA) is 0 Å². The zero-order valence-corrected chi connectivity index (χ0v) is 14.9. The number of rotatable bonds is 2. The molecule has 0 aromatic heterocycles. The molecular formula is C26H22. The summed E-state index contributed by atoms with van der Waals surface area (Å²) < 4.78 is 0. The van der Waals surface area contributed by atoms with Crippen molar-refractivity contribution in [3.05, 3.63) is 96.1 Å². The summed E-state index contributed by atoms with van der Waals surface area (Å²) in [5, 5.41) is 5.43. The molecule has 3 aliphatic carbocycles. The van der Waals surface area contributed by atoms with E-state index in [0.717, 1.165) is 11.8 Å². The molecule has 3 saturated carbocycles. The molecule has 3 fully saturated rings. The standard InChI is InChI=1S/C26H22/c1-3-7-20-15-22(11-9-18(20)5-1)26(24-13-14-25(26)17-24)23-12-10-19-6-2-4-8-21(19)16-23/h1-12,15-16,24-25H,13-14,17H2. The second-order valence-corrected chi connectivity index (χ2v) is 8.20. The van der Waals surface area contributed by atoms with E-state index >= 15 is 0 Å². The first-order chi connectivity index (χ1) is 12.9. The summed E-state index contributed by atoms with van der Waals surface area (Å²) in [6.07, 6.45) is 4.16. The molecule has 0 nitrogen and oxygen atoms in total. The average Bonchev–Trinajstić information content (AvgIpc) is 3.33. The van der Waals surface area contributed by atoms with E-state index in [2.05, 4.69) is 84.9 Å². The largest absolute Gasteiger partial charge is 0.0616 e. The summed E-state index contributed by atoms with van der Waals surface area (Å²) in [7, 11) is 0. The third-order valence-corrected chi connectivity index (χ3v) is 7.17. The Morgan fingerprint density at radius 3 is 1.46 bits per heavy atom. The summed E-state index contributed by atoms with van der Waals surface area (Å²) in [6.45, 7) is 0. The molecule has 0 spiro atoms. The Balaban J connectivity index is 1.60. The quantitative estimate of drug-likeness (QED) is 0.382. The normalized spacial score (nSPS) is 23.2. The molecule has 2 unspecified atom stereocenters. The molecule has 2 atom stereocenters. The predicted molar refractivity (Wildman–Crippen MR) is 110 cm³/mol. The van der Waals surface area contributed by atoms with Crippen molar-refractivity contribution < 1.29 is 0 Å². The van der Waals surface area contributed by atoms with Crippen LogP contribution in [0.5, 0.6) is 0 Å². The highest BCUT2D eigenvalue weighted by atomic mass is 14.6. The van der Waals surface area contributed by atoms with Gasteiger partial charge in [0.05, 0.1) is 0 Å². The van der Waals surface area contributed by atoms with Gasteiger partial charge >= 0.3 is 0 Å². The van der Waals surface area contributed by atoms with Crippen molar-refractivity contribution in [3.8, 4) is 0 Å². The molecule has 0 heterocycles. The third kappa shape index (κ3) is 1.80. The molecule has 0 saturated heterocycles. The average molecular weight is 334 g/mol. The highest BCUT2D eigenvalue weighted by Crippen LogP contribution is 2.66. The van der Waals surface area contributed by atoms with E-state index in [1.165, 1.54) is 51.9 Å². The first-order valence-electron chi connectivity index (χ1n) is 9.84. The van der Waals surface area contributed by atoms with Gasteiger partial charge in [0.1, 0.15) is 0 Å². The van der Waals surface area contributed by atoms with Gasteiger partial charge in [0.25, 0.3) is 0 Å². The third-order valence-electron chi connectivity index (χ3n) is 7.17. The van der Waals surface area contributed by atoms with Crippen molar-refractivity contribution in [2.45, 2.75) is 24.7 Å². The van der Waals surface area contributed by atoms with Crippen LogP contribution in [0, 0.1) is 11.8 Å². The number of benzene rings is 4. The smallest absolute Gasteiger partial charge is 0.0259 e. The lowest BCUT2D eigenvalue weighted by atomic mass is 9.52.